The van der Waals surface area contributed by atoms with Gasteiger partial charge in [-0.15, -0.1) is 0 Å². The fraction of sp³-hybridized carbons (Fsp3) is 0.154. The number of benzene rings is 3. The monoisotopic (exact) mass is 713 g/mol. The number of aromatic nitrogens is 6. The number of anilines is 3. The number of amides is 1. The lowest BCUT2D eigenvalue weighted by molar-refractivity contribution is 0.102. The van der Waals surface area contributed by atoms with Crippen LogP contribution in [0.1, 0.15) is 29.0 Å². The highest BCUT2D eigenvalue weighted by Crippen LogP contribution is 2.41. The van der Waals surface area contributed by atoms with Crippen molar-refractivity contribution in [3.8, 4) is 22.5 Å². The number of nitrogens with zero attached hydrogens (tertiary/aromatic N) is 7. The summed E-state index contributed by atoms with van der Waals surface area (Å²) in [6.07, 6.45) is 7.09. The Morgan fingerprint density at radius 2 is 1.49 bits per heavy atom. The van der Waals surface area contributed by atoms with Crippen LogP contribution < -0.4 is 15.1 Å². The fourth-order valence-corrected chi connectivity index (χ4v) is 7.00. The minimum absolute atomic E-state index is 0.139. The molecule has 5 heterocycles. The van der Waals surface area contributed by atoms with Gasteiger partial charge in [0.05, 0.1) is 29.4 Å². The molecule has 1 atom stereocenters. The molecule has 254 valence electrons. The van der Waals surface area contributed by atoms with Gasteiger partial charge in [0.25, 0.3) is 5.91 Å². The van der Waals surface area contributed by atoms with E-state index >= 15 is 0 Å². The van der Waals surface area contributed by atoms with Crippen molar-refractivity contribution < 1.29 is 4.79 Å². The lowest BCUT2D eigenvalue weighted by atomic mass is 9.99. The molecule has 1 aliphatic heterocycles. The summed E-state index contributed by atoms with van der Waals surface area (Å²) in [6.45, 7) is 4.94. The quantitative estimate of drug-likeness (QED) is 0.163. The molecule has 1 saturated heterocycles. The van der Waals surface area contributed by atoms with E-state index in [2.05, 4.69) is 41.6 Å². The van der Waals surface area contributed by atoms with Crippen molar-refractivity contribution in [3.63, 3.8) is 0 Å². The van der Waals surface area contributed by atoms with E-state index < -0.39 is 0 Å². The number of nitrogens with one attached hydrogen (secondary N) is 2. The standard InChI is InChI=1S/C39H33Cl2N9O/c1-25(26-10-12-28(40)13-11-26)50-24-45-34(27-7-3-2-4-8-27)36(50)33-30-15-14-29(41)23-32(30)46-35(33)38(51)47-31-9-5-16-42-37(31)48-19-21-49(22-20-48)39-43-17-6-18-44-39/h2-18,23-25,46H,19-22H2,1H3,(H,47,51)/t25-/m0/s1. The van der Waals surface area contributed by atoms with Crippen LogP contribution in [-0.4, -0.2) is 61.6 Å². The first-order valence-electron chi connectivity index (χ1n) is 16.7. The molecule has 0 unspecified atom stereocenters. The van der Waals surface area contributed by atoms with E-state index in [-0.39, 0.29) is 11.9 Å². The van der Waals surface area contributed by atoms with Gasteiger partial charge in [-0.25, -0.2) is 19.9 Å². The first-order valence-corrected chi connectivity index (χ1v) is 17.4. The number of rotatable bonds is 8. The molecule has 7 aromatic rings. The van der Waals surface area contributed by atoms with E-state index in [1.54, 1.807) is 18.6 Å². The van der Waals surface area contributed by atoms with Crippen molar-refractivity contribution in [2.45, 2.75) is 13.0 Å². The summed E-state index contributed by atoms with van der Waals surface area (Å²) in [7, 11) is 0. The maximum Gasteiger partial charge on any atom is 0.272 e. The number of hydrogen-bond acceptors (Lipinski definition) is 7. The van der Waals surface area contributed by atoms with E-state index in [0.29, 0.717) is 46.3 Å². The number of piperazine rings is 1. The molecular formula is C39H33Cl2N9O. The largest absolute Gasteiger partial charge is 0.351 e. The highest BCUT2D eigenvalue weighted by Gasteiger charge is 2.29. The van der Waals surface area contributed by atoms with Gasteiger partial charge < -0.3 is 24.7 Å². The van der Waals surface area contributed by atoms with Crippen LogP contribution in [-0.2, 0) is 0 Å². The highest BCUT2D eigenvalue weighted by molar-refractivity contribution is 6.31. The maximum absolute atomic E-state index is 14.6. The van der Waals surface area contributed by atoms with Crippen molar-refractivity contribution in [2.75, 3.05) is 41.3 Å². The molecule has 1 fully saturated rings. The molecule has 0 saturated carbocycles. The van der Waals surface area contributed by atoms with Gasteiger partial charge in [0.15, 0.2) is 5.82 Å². The summed E-state index contributed by atoms with van der Waals surface area (Å²) in [5, 5.41) is 5.27. The molecule has 0 spiro atoms. The minimum atomic E-state index is -0.311. The molecule has 2 N–H and O–H groups in total. The Labute approximate surface area is 304 Å². The number of halogens is 2. The second-order valence-corrected chi connectivity index (χ2v) is 13.2. The number of hydrogen-bond donors (Lipinski definition) is 2. The zero-order chi connectivity index (χ0) is 34.9. The molecular weight excluding hydrogens is 681 g/mol. The Kier molecular flexibility index (Phi) is 8.85. The predicted molar refractivity (Wildman–Crippen MR) is 204 cm³/mol. The van der Waals surface area contributed by atoms with Crippen LogP contribution in [0.5, 0.6) is 0 Å². The number of pyridine rings is 1. The maximum atomic E-state index is 14.6. The summed E-state index contributed by atoms with van der Waals surface area (Å²) in [4.78, 5) is 40.8. The van der Waals surface area contributed by atoms with Gasteiger partial charge in [0.2, 0.25) is 5.95 Å². The van der Waals surface area contributed by atoms with Crippen molar-refractivity contribution in [1.82, 2.24) is 29.5 Å². The van der Waals surface area contributed by atoms with Crippen LogP contribution in [0.15, 0.2) is 116 Å². The number of carbonyl (C=O) groups excluding carboxylic acids is 1. The van der Waals surface area contributed by atoms with E-state index in [9.17, 15) is 4.79 Å². The van der Waals surface area contributed by atoms with Crippen LogP contribution in [0.3, 0.4) is 0 Å². The first kappa shape index (κ1) is 32.5. The number of H-pyrrole nitrogens is 1. The fourth-order valence-electron chi connectivity index (χ4n) is 6.70. The number of imidazole rings is 1. The van der Waals surface area contributed by atoms with E-state index in [4.69, 9.17) is 33.2 Å². The SMILES string of the molecule is C[C@@H](c1ccc(Cl)cc1)n1cnc(-c2ccccc2)c1-c1c(C(=O)Nc2cccnc2N2CCN(c3ncccn3)CC2)[nH]c2cc(Cl)ccc12. The van der Waals surface area contributed by atoms with Gasteiger partial charge in [0, 0.05) is 76.8 Å². The molecule has 8 rings (SSSR count). The molecule has 51 heavy (non-hydrogen) atoms. The van der Waals surface area contributed by atoms with Crippen molar-refractivity contribution in [3.05, 3.63) is 137 Å². The van der Waals surface area contributed by atoms with Crippen LogP contribution in [0.25, 0.3) is 33.4 Å². The molecule has 1 aliphatic rings. The lowest BCUT2D eigenvalue weighted by Crippen LogP contribution is -2.47. The predicted octanol–water partition coefficient (Wildman–Crippen LogP) is 8.38. The molecule has 0 bridgehead atoms. The zero-order valence-corrected chi connectivity index (χ0v) is 29.2. The normalized spacial score (nSPS) is 13.8. The van der Waals surface area contributed by atoms with Gasteiger partial charge in [-0.1, -0.05) is 71.7 Å². The van der Waals surface area contributed by atoms with Crippen molar-refractivity contribution in [2.24, 2.45) is 0 Å². The van der Waals surface area contributed by atoms with Gasteiger partial charge >= 0.3 is 0 Å². The zero-order valence-electron chi connectivity index (χ0n) is 27.7. The molecule has 0 radical (unpaired) electrons. The third-order valence-electron chi connectivity index (χ3n) is 9.28. The van der Waals surface area contributed by atoms with Gasteiger partial charge in [-0.3, -0.25) is 4.79 Å². The van der Waals surface area contributed by atoms with Crippen LogP contribution in [0.4, 0.5) is 17.5 Å². The van der Waals surface area contributed by atoms with E-state index in [1.165, 1.54) is 0 Å². The Morgan fingerprint density at radius 3 is 2.25 bits per heavy atom. The van der Waals surface area contributed by atoms with E-state index in [1.807, 2.05) is 97.3 Å². The average Bonchev–Trinajstić information content (AvgIpc) is 3.77. The van der Waals surface area contributed by atoms with E-state index in [0.717, 1.165) is 52.1 Å². The average molecular weight is 715 g/mol. The number of fused-ring (bicyclic) bond motifs is 1. The summed E-state index contributed by atoms with van der Waals surface area (Å²) < 4.78 is 2.12. The third kappa shape index (κ3) is 6.40. The molecule has 1 amide bonds. The van der Waals surface area contributed by atoms with Crippen LogP contribution in [0, 0.1) is 0 Å². The Morgan fingerprint density at radius 1 is 0.784 bits per heavy atom. The van der Waals surface area contributed by atoms with Crippen LogP contribution >= 0.6 is 23.2 Å². The molecule has 4 aromatic heterocycles. The lowest BCUT2D eigenvalue weighted by Gasteiger charge is -2.36. The highest BCUT2D eigenvalue weighted by atomic mass is 35.5. The molecule has 0 aliphatic carbocycles. The Bertz CT molecular complexity index is 2320. The first-order chi connectivity index (χ1) is 24.9. The second kappa shape index (κ2) is 13.9. The summed E-state index contributed by atoms with van der Waals surface area (Å²) in [5.74, 6) is 1.10. The number of carbonyl (C=O) groups is 1. The molecule has 3 aromatic carbocycles. The van der Waals surface area contributed by atoms with Crippen LogP contribution in [0.2, 0.25) is 10.0 Å². The number of aromatic amines is 1. The molecule has 10 nitrogen and oxygen atoms in total. The Hall–Kier alpha value is -5.71. The van der Waals surface area contributed by atoms with Gasteiger partial charge in [-0.05, 0) is 55.0 Å². The summed E-state index contributed by atoms with van der Waals surface area (Å²) >= 11 is 12.8. The molecule has 12 heteroatoms. The Balaban J connectivity index is 1.20. The van der Waals surface area contributed by atoms with Crippen molar-refractivity contribution >= 4 is 57.5 Å². The smallest absolute Gasteiger partial charge is 0.272 e. The summed E-state index contributed by atoms with van der Waals surface area (Å²) in [5.41, 5.74) is 5.98. The van der Waals surface area contributed by atoms with Gasteiger partial charge in [0.1, 0.15) is 5.69 Å². The van der Waals surface area contributed by atoms with Crippen molar-refractivity contribution in [1.29, 1.82) is 0 Å². The second-order valence-electron chi connectivity index (χ2n) is 12.4. The third-order valence-corrected chi connectivity index (χ3v) is 9.77. The summed E-state index contributed by atoms with van der Waals surface area (Å²) in [6, 6.07) is 28.8. The topological polar surface area (TPSA) is 108 Å². The minimum Gasteiger partial charge on any atom is -0.351 e. The van der Waals surface area contributed by atoms with Gasteiger partial charge in [-0.2, -0.15) is 0 Å².